The Hall–Kier alpha value is 1.76. The largest absolute Gasteiger partial charge is 1.00 e. The Bertz CT molecular complexity index is 442. The monoisotopic (exact) mass is 706 g/mol. The molecule has 1 amide bonds. The standard InChI is InChI=1S/C10H13Cl3N2O3S.2BrH.Hg/c1-4(2)6(9(17)18-3-10(11,12)13)15-7(16)5(14)8(15)19;;;/h5-6,8,19H,1,3,14H2,2H3;2*1H;/q;;;+2/p-2. The first kappa shape index (κ1) is 26.0. The van der Waals surface area contributed by atoms with E-state index in [9.17, 15) is 9.59 Å². The molecule has 12 heteroatoms. The van der Waals surface area contributed by atoms with E-state index >= 15 is 0 Å². The van der Waals surface area contributed by atoms with Crippen LogP contribution in [0, 0.1) is 0 Å². The summed E-state index contributed by atoms with van der Waals surface area (Å²) < 4.78 is 3.24. The molecule has 0 aromatic rings. The van der Waals surface area contributed by atoms with Crippen molar-refractivity contribution in [3.05, 3.63) is 12.2 Å². The Labute approximate surface area is 183 Å². The van der Waals surface area contributed by atoms with Gasteiger partial charge in [-0.1, -0.05) is 0 Å². The number of amides is 1. The molecule has 1 rings (SSSR count). The summed E-state index contributed by atoms with van der Waals surface area (Å²) in [6.07, 6.45) is 0. The van der Waals surface area contributed by atoms with Crippen molar-refractivity contribution in [2.24, 2.45) is 5.73 Å². The normalized spacial score (nSPS) is 22.0. The molecule has 0 radical (unpaired) electrons. The van der Waals surface area contributed by atoms with Crippen molar-refractivity contribution in [3.63, 3.8) is 0 Å². The van der Waals surface area contributed by atoms with E-state index in [1.807, 2.05) is 0 Å². The van der Waals surface area contributed by atoms with E-state index in [2.05, 4.69) is 6.58 Å². The van der Waals surface area contributed by atoms with Gasteiger partial charge in [-0.25, -0.2) is 0 Å². The molecule has 0 aromatic carbocycles. The van der Waals surface area contributed by atoms with E-state index in [0.717, 1.165) is 0 Å². The first-order valence-corrected chi connectivity index (χ1v) is 14.4. The van der Waals surface area contributed by atoms with E-state index in [1.165, 1.54) is 4.90 Å². The first-order valence-electron chi connectivity index (χ1n) is 5.47. The molecule has 0 aliphatic carbocycles. The second kappa shape index (κ2) is 10.7. The second-order valence-electron chi connectivity index (χ2n) is 4.30. The molecule has 0 aromatic heterocycles. The van der Waals surface area contributed by atoms with Gasteiger partial charge in [0.25, 0.3) is 0 Å². The van der Waals surface area contributed by atoms with Crippen molar-refractivity contribution in [3.8, 4) is 0 Å². The Morgan fingerprint density at radius 2 is 2.09 bits per heavy atom. The number of halogens is 5. The fourth-order valence-corrected chi connectivity index (χ4v) is 6.92. The van der Waals surface area contributed by atoms with Gasteiger partial charge < -0.3 is 17.0 Å². The number of carbonyl (C=O) groups is 2. The summed E-state index contributed by atoms with van der Waals surface area (Å²) in [6.45, 7) is 4.97. The smallest absolute Gasteiger partial charge is 1.00 e. The van der Waals surface area contributed by atoms with Crippen LogP contribution in [-0.2, 0) is 38.9 Å². The minimum Gasteiger partial charge on any atom is -1.00 e. The van der Waals surface area contributed by atoms with E-state index < -0.39 is 28.5 Å². The average molecular weight is 708 g/mol. The summed E-state index contributed by atoms with van der Waals surface area (Å²) in [5.41, 5.74) is 6.20. The second-order valence-corrected chi connectivity index (χ2v) is 11.5. The molecular formula is C10H13Br2Cl3HgN2O3S. The third kappa shape index (κ3) is 6.57. The van der Waals surface area contributed by atoms with Crippen LogP contribution in [0.3, 0.4) is 0 Å². The SMILES string of the molecule is Br.C=C(C)C(C(=O)OCC(Cl)(Cl)Cl)N1C(=O)C(N)C1[S][Hg+].[Br-]. The summed E-state index contributed by atoms with van der Waals surface area (Å²) in [4.78, 5) is 25.4. The minimum absolute atomic E-state index is 0. The van der Waals surface area contributed by atoms with Crippen LogP contribution in [0.5, 0.6) is 0 Å². The number of carbonyl (C=O) groups excluding carboxylic acids is 2. The molecule has 3 unspecified atom stereocenters. The molecule has 124 valence electrons. The fourth-order valence-electron chi connectivity index (χ4n) is 1.75. The molecule has 1 aliphatic heterocycles. The van der Waals surface area contributed by atoms with Crippen molar-refractivity contribution in [1.82, 2.24) is 4.90 Å². The topological polar surface area (TPSA) is 72.6 Å². The predicted octanol–water partition coefficient (Wildman–Crippen LogP) is -0.883. The molecule has 22 heavy (non-hydrogen) atoms. The fraction of sp³-hybridized carbons (Fsp3) is 0.600. The van der Waals surface area contributed by atoms with Gasteiger partial charge in [0.1, 0.15) is 0 Å². The van der Waals surface area contributed by atoms with Crippen molar-refractivity contribution >= 4 is 71.9 Å². The Morgan fingerprint density at radius 3 is 2.45 bits per heavy atom. The summed E-state index contributed by atoms with van der Waals surface area (Å²) in [7, 11) is 1.57. The van der Waals surface area contributed by atoms with E-state index in [4.69, 9.17) is 45.3 Å². The minimum atomic E-state index is -1.70. The van der Waals surface area contributed by atoms with E-state index in [1.54, 1.807) is 15.2 Å². The van der Waals surface area contributed by atoms with Crippen molar-refractivity contribution in [1.29, 1.82) is 0 Å². The molecule has 5 nitrogen and oxygen atoms in total. The Kier molecular flexibility index (Phi) is 12.6. The maximum absolute atomic E-state index is 12.1. The van der Waals surface area contributed by atoms with Crippen molar-refractivity contribution in [2.75, 3.05) is 6.61 Å². The molecule has 1 saturated heterocycles. The van der Waals surface area contributed by atoms with Gasteiger partial charge in [-0.2, -0.15) is 0 Å². The zero-order valence-corrected chi connectivity index (χ0v) is 23.3. The molecule has 0 bridgehead atoms. The Morgan fingerprint density at radius 1 is 1.59 bits per heavy atom. The van der Waals surface area contributed by atoms with Gasteiger partial charge in [-0.15, -0.1) is 17.0 Å². The number of nitrogens with zero attached hydrogens (tertiary/aromatic N) is 1. The quantitative estimate of drug-likeness (QED) is 0.132. The maximum Gasteiger partial charge on any atom is -1.00 e. The number of likely N-dealkylation sites (tertiary alicyclic amines) is 1. The number of rotatable bonds is 5. The number of hydrogen-bond acceptors (Lipinski definition) is 5. The van der Waals surface area contributed by atoms with Gasteiger partial charge in [-0.05, 0) is 0 Å². The number of nitrogens with two attached hydrogens (primary N) is 1. The van der Waals surface area contributed by atoms with Crippen LogP contribution in [0.4, 0.5) is 0 Å². The molecule has 0 saturated carbocycles. The van der Waals surface area contributed by atoms with Gasteiger partial charge in [0.05, 0.1) is 0 Å². The van der Waals surface area contributed by atoms with Crippen LogP contribution < -0.4 is 22.7 Å². The molecule has 1 aliphatic rings. The predicted molar refractivity (Wildman–Crippen MR) is 86.4 cm³/mol. The van der Waals surface area contributed by atoms with Crippen LogP contribution >= 0.6 is 60.0 Å². The molecule has 1 heterocycles. The maximum atomic E-state index is 12.1. The number of hydrogen-bond donors (Lipinski definition) is 1. The molecule has 0 spiro atoms. The number of β-lactam (4-membered cyclic amide) rings is 1. The van der Waals surface area contributed by atoms with Crippen LogP contribution in [0.15, 0.2) is 12.2 Å². The zero-order chi connectivity index (χ0) is 15.7. The molecule has 2 N–H and O–H groups in total. The van der Waals surface area contributed by atoms with Crippen LogP contribution in [0.25, 0.3) is 0 Å². The average Bonchev–Trinajstić information content (AvgIpc) is 2.34. The van der Waals surface area contributed by atoms with Crippen LogP contribution in [0.2, 0.25) is 0 Å². The van der Waals surface area contributed by atoms with Gasteiger partial charge in [0, 0.05) is 0 Å². The van der Waals surface area contributed by atoms with E-state index in [0.29, 0.717) is 30.2 Å². The molecule has 3 atom stereocenters. The summed E-state index contributed by atoms with van der Waals surface area (Å²) in [6, 6.07) is -1.48. The zero-order valence-electron chi connectivity index (χ0n) is 11.4. The summed E-state index contributed by atoms with van der Waals surface area (Å²) >= 11 is 17.0. The molecule has 1 fully saturated rings. The van der Waals surface area contributed by atoms with Crippen LogP contribution in [0.1, 0.15) is 6.92 Å². The van der Waals surface area contributed by atoms with Crippen molar-refractivity contribution < 1.29 is 55.9 Å². The van der Waals surface area contributed by atoms with Crippen LogP contribution in [-0.4, -0.2) is 44.6 Å². The number of ether oxygens (including phenoxy) is 1. The number of esters is 1. The Balaban J connectivity index is 0. The summed E-state index contributed by atoms with van der Waals surface area (Å²) in [5.74, 6) is -0.969. The summed E-state index contributed by atoms with van der Waals surface area (Å²) in [5, 5.41) is -0.215. The van der Waals surface area contributed by atoms with Gasteiger partial charge >= 0.3 is 151 Å². The third-order valence-electron chi connectivity index (χ3n) is 2.64. The van der Waals surface area contributed by atoms with Gasteiger partial charge in [0.15, 0.2) is 0 Å². The van der Waals surface area contributed by atoms with Gasteiger partial charge in [0.2, 0.25) is 0 Å². The van der Waals surface area contributed by atoms with E-state index in [-0.39, 0.29) is 45.2 Å². The number of alkyl halides is 3. The molecular weight excluding hydrogens is 695 g/mol. The van der Waals surface area contributed by atoms with Crippen molar-refractivity contribution in [2.45, 2.75) is 28.2 Å². The van der Waals surface area contributed by atoms with Gasteiger partial charge in [-0.3, -0.25) is 0 Å². The first-order chi connectivity index (χ1) is 9.10. The third-order valence-corrected chi connectivity index (χ3v) is 7.81.